The van der Waals surface area contributed by atoms with Crippen LogP contribution in [0.3, 0.4) is 0 Å². The van der Waals surface area contributed by atoms with Gasteiger partial charge in [-0.05, 0) is 51.4 Å². The Bertz CT molecular complexity index is 490. The number of rotatable bonds is 6. The number of aryl methyl sites for hydroxylation is 2. The molecule has 0 aromatic carbocycles. The molecule has 0 atom stereocenters. The average Bonchev–Trinajstić information content (AvgIpc) is 3.29. The molecule has 1 aliphatic carbocycles. The van der Waals surface area contributed by atoms with E-state index in [1.54, 1.807) is 0 Å². The van der Waals surface area contributed by atoms with Gasteiger partial charge in [0.05, 0.1) is 16.4 Å². The topological polar surface area (TPSA) is 39.1 Å². The molecule has 5 heteroatoms. The summed E-state index contributed by atoms with van der Waals surface area (Å²) in [5, 5.41) is 9.14. The molecule has 0 amide bonds. The number of ether oxygens (including phenoxy) is 1. The largest absolute Gasteiger partial charge is 0.381 e. The lowest BCUT2D eigenvalue weighted by atomic mass is 9.76. The van der Waals surface area contributed by atoms with Gasteiger partial charge in [0.2, 0.25) is 0 Å². The summed E-state index contributed by atoms with van der Waals surface area (Å²) in [5.74, 6) is 0. The Labute approximate surface area is 132 Å². The quantitative estimate of drug-likeness (QED) is 0.878. The highest BCUT2D eigenvalue weighted by atomic mass is 35.5. The summed E-state index contributed by atoms with van der Waals surface area (Å²) >= 11 is 6.51. The third-order valence-corrected chi connectivity index (χ3v) is 5.38. The van der Waals surface area contributed by atoms with Gasteiger partial charge in [-0.2, -0.15) is 5.10 Å². The molecule has 2 aliphatic rings. The summed E-state index contributed by atoms with van der Waals surface area (Å²) in [6, 6.07) is 0.748. The lowest BCUT2D eigenvalue weighted by Gasteiger charge is -2.38. The van der Waals surface area contributed by atoms with Crippen molar-refractivity contribution in [1.82, 2.24) is 15.1 Å². The summed E-state index contributed by atoms with van der Waals surface area (Å²) in [5.41, 5.74) is 2.42. The van der Waals surface area contributed by atoms with Crippen molar-refractivity contribution in [1.29, 1.82) is 0 Å². The zero-order chi connectivity index (χ0) is 14.9. The van der Waals surface area contributed by atoms with Gasteiger partial charge in [0.1, 0.15) is 0 Å². The third-order valence-electron chi connectivity index (χ3n) is 4.89. The molecule has 1 N–H and O–H groups in total. The van der Waals surface area contributed by atoms with Crippen LogP contribution in [0.1, 0.15) is 44.0 Å². The Morgan fingerprint density at radius 3 is 2.71 bits per heavy atom. The first-order valence-corrected chi connectivity index (χ1v) is 8.54. The monoisotopic (exact) mass is 311 g/mol. The SMILES string of the molecule is CCn1nc(C)c(Cl)c1CC1(CNC2CC2)CCOCC1. The molecule has 0 unspecified atom stereocenters. The van der Waals surface area contributed by atoms with Crippen LogP contribution in [0.25, 0.3) is 0 Å². The van der Waals surface area contributed by atoms with Crippen LogP contribution < -0.4 is 5.32 Å². The van der Waals surface area contributed by atoms with Crippen LogP contribution in [0.5, 0.6) is 0 Å². The van der Waals surface area contributed by atoms with Gasteiger partial charge in [-0.15, -0.1) is 0 Å². The van der Waals surface area contributed by atoms with E-state index in [4.69, 9.17) is 16.3 Å². The van der Waals surface area contributed by atoms with Crippen molar-refractivity contribution < 1.29 is 4.74 Å². The summed E-state index contributed by atoms with van der Waals surface area (Å²) in [4.78, 5) is 0. The van der Waals surface area contributed by atoms with E-state index < -0.39 is 0 Å². The number of halogens is 1. The van der Waals surface area contributed by atoms with E-state index in [-0.39, 0.29) is 5.41 Å². The molecule has 1 saturated carbocycles. The number of nitrogens with zero attached hydrogens (tertiary/aromatic N) is 2. The van der Waals surface area contributed by atoms with Gasteiger partial charge in [0.15, 0.2) is 0 Å². The molecule has 118 valence electrons. The standard InChI is InChI=1S/C16H26ClN3O/c1-3-20-14(15(17)12(2)19-20)10-16(6-8-21-9-7-16)11-18-13-4-5-13/h13,18H,3-11H2,1-2H3. The van der Waals surface area contributed by atoms with Crippen LogP contribution in [0.2, 0.25) is 5.02 Å². The van der Waals surface area contributed by atoms with E-state index in [0.29, 0.717) is 0 Å². The van der Waals surface area contributed by atoms with E-state index in [9.17, 15) is 0 Å². The van der Waals surface area contributed by atoms with Crippen molar-refractivity contribution in [2.24, 2.45) is 5.41 Å². The minimum absolute atomic E-state index is 0.268. The summed E-state index contributed by atoms with van der Waals surface area (Å²) in [6.45, 7) is 7.81. The van der Waals surface area contributed by atoms with Gasteiger partial charge >= 0.3 is 0 Å². The molecule has 1 aromatic rings. The Hall–Kier alpha value is -0.580. The van der Waals surface area contributed by atoms with Crippen molar-refractivity contribution in [3.8, 4) is 0 Å². The van der Waals surface area contributed by atoms with Crippen molar-refractivity contribution in [3.63, 3.8) is 0 Å². The minimum Gasteiger partial charge on any atom is -0.381 e. The Morgan fingerprint density at radius 2 is 2.10 bits per heavy atom. The van der Waals surface area contributed by atoms with Crippen molar-refractivity contribution in [2.75, 3.05) is 19.8 Å². The van der Waals surface area contributed by atoms with Crippen LogP contribution in [0, 0.1) is 12.3 Å². The average molecular weight is 312 g/mol. The molecule has 3 rings (SSSR count). The number of aromatic nitrogens is 2. The first-order valence-electron chi connectivity index (χ1n) is 8.16. The molecule has 1 aromatic heterocycles. The van der Waals surface area contributed by atoms with E-state index >= 15 is 0 Å². The molecule has 1 aliphatic heterocycles. The highest BCUT2D eigenvalue weighted by molar-refractivity contribution is 6.31. The molecule has 4 nitrogen and oxygen atoms in total. The highest BCUT2D eigenvalue weighted by Crippen LogP contribution is 2.37. The van der Waals surface area contributed by atoms with Crippen LogP contribution in [0.4, 0.5) is 0 Å². The highest BCUT2D eigenvalue weighted by Gasteiger charge is 2.36. The molecule has 2 heterocycles. The molecular weight excluding hydrogens is 286 g/mol. The number of nitrogens with one attached hydrogen (secondary N) is 1. The molecule has 0 radical (unpaired) electrons. The first kappa shape index (κ1) is 15.3. The predicted molar refractivity (Wildman–Crippen MR) is 84.9 cm³/mol. The first-order chi connectivity index (χ1) is 10.1. The normalized spacial score (nSPS) is 21.7. The van der Waals surface area contributed by atoms with Crippen molar-refractivity contribution >= 4 is 11.6 Å². The van der Waals surface area contributed by atoms with Crippen LogP contribution in [-0.2, 0) is 17.7 Å². The summed E-state index contributed by atoms with van der Waals surface area (Å²) in [6.07, 6.45) is 5.89. The van der Waals surface area contributed by atoms with Gasteiger partial charge in [-0.25, -0.2) is 0 Å². The van der Waals surface area contributed by atoms with Gasteiger partial charge < -0.3 is 10.1 Å². The Morgan fingerprint density at radius 1 is 1.38 bits per heavy atom. The number of hydrogen-bond donors (Lipinski definition) is 1. The second-order valence-corrected chi connectivity index (χ2v) is 6.98. The lowest BCUT2D eigenvalue weighted by Crippen LogP contribution is -2.42. The second kappa shape index (κ2) is 6.27. The summed E-state index contributed by atoms with van der Waals surface area (Å²) in [7, 11) is 0. The maximum absolute atomic E-state index is 6.51. The van der Waals surface area contributed by atoms with Gasteiger partial charge in [0, 0.05) is 32.3 Å². The molecule has 21 heavy (non-hydrogen) atoms. The van der Waals surface area contributed by atoms with Gasteiger partial charge in [0.25, 0.3) is 0 Å². The summed E-state index contributed by atoms with van der Waals surface area (Å²) < 4.78 is 7.67. The third kappa shape index (κ3) is 3.43. The van der Waals surface area contributed by atoms with Crippen LogP contribution in [-0.4, -0.2) is 35.6 Å². The Kier molecular flexibility index (Phi) is 4.57. The predicted octanol–water partition coefficient (Wildman–Crippen LogP) is 2.96. The fourth-order valence-electron chi connectivity index (χ4n) is 3.26. The second-order valence-electron chi connectivity index (χ2n) is 6.61. The molecular formula is C16H26ClN3O. The van der Waals surface area contributed by atoms with Crippen LogP contribution >= 0.6 is 11.6 Å². The fraction of sp³-hybridized carbons (Fsp3) is 0.812. The van der Waals surface area contributed by atoms with E-state index in [2.05, 4.69) is 22.0 Å². The van der Waals surface area contributed by atoms with E-state index in [1.165, 1.54) is 18.5 Å². The molecule has 0 bridgehead atoms. The van der Waals surface area contributed by atoms with E-state index in [0.717, 1.165) is 62.3 Å². The lowest BCUT2D eigenvalue weighted by molar-refractivity contribution is 0.0138. The maximum atomic E-state index is 6.51. The Balaban J connectivity index is 1.79. The maximum Gasteiger partial charge on any atom is 0.0847 e. The minimum atomic E-state index is 0.268. The smallest absolute Gasteiger partial charge is 0.0847 e. The fourth-order valence-corrected chi connectivity index (χ4v) is 3.46. The number of hydrogen-bond acceptors (Lipinski definition) is 3. The zero-order valence-electron chi connectivity index (χ0n) is 13.1. The molecule has 0 spiro atoms. The van der Waals surface area contributed by atoms with Crippen LogP contribution in [0.15, 0.2) is 0 Å². The molecule has 1 saturated heterocycles. The zero-order valence-corrected chi connectivity index (χ0v) is 13.9. The van der Waals surface area contributed by atoms with Gasteiger partial charge in [-0.3, -0.25) is 4.68 Å². The van der Waals surface area contributed by atoms with Crippen molar-refractivity contribution in [3.05, 3.63) is 16.4 Å². The van der Waals surface area contributed by atoms with Crippen molar-refractivity contribution in [2.45, 2.75) is 58.5 Å². The van der Waals surface area contributed by atoms with Gasteiger partial charge in [-0.1, -0.05) is 11.6 Å². The molecule has 2 fully saturated rings. The van der Waals surface area contributed by atoms with E-state index in [1.807, 2.05) is 6.92 Å².